The maximum atomic E-state index is 5.45. The van der Waals surface area contributed by atoms with Crippen LogP contribution in [0.15, 0.2) is 16.7 Å². The Morgan fingerprint density at radius 1 is 1.39 bits per heavy atom. The Hall–Kier alpha value is -0.800. The third kappa shape index (κ3) is 3.85. The highest BCUT2D eigenvalue weighted by molar-refractivity contribution is 5.16. The normalized spacial score (nSPS) is 19.0. The van der Waals surface area contributed by atoms with E-state index in [1.54, 1.807) is 0 Å². The summed E-state index contributed by atoms with van der Waals surface area (Å²) in [5.41, 5.74) is 1.30. The van der Waals surface area contributed by atoms with Gasteiger partial charge in [0.2, 0.25) is 0 Å². The molecule has 3 nitrogen and oxygen atoms in total. The van der Waals surface area contributed by atoms with Crippen molar-refractivity contribution >= 4 is 0 Å². The molecule has 1 fully saturated rings. The van der Waals surface area contributed by atoms with Crippen LogP contribution in [-0.2, 0) is 4.74 Å². The number of aryl methyl sites for hydroxylation is 1. The predicted molar refractivity (Wildman–Crippen MR) is 72.6 cm³/mol. The third-order valence-electron chi connectivity index (χ3n) is 3.70. The van der Waals surface area contributed by atoms with Gasteiger partial charge in [-0.2, -0.15) is 0 Å². The van der Waals surface area contributed by atoms with Crippen LogP contribution < -0.4 is 5.32 Å². The Morgan fingerprint density at radius 2 is 2.17 bits per heavy atom. The molecule has 102 valence electrons. The van der Waals surface area contributed by atoms with Crippen LogP contribution in [0.5, 0.6) is 0 Å². The Morgan fingerprint density at radius 3 is 2.78 bits per heavy atom. The van der Waals surface area contributed by atoms with Crippen LogP contribution in [0.2, 0.25) is 0 Å². The Kier molecular flexibility index (Phi) is 5.26. The summed E-state index contributed by atoms with van der Waals surface area (Å²) in [6.07, 6.45) is 6.66. The molecule has 3 heteroatoms. The molecule has 2 rings (SSSR count). The second kappa shape index (κ2) is 6.95. The van der Waals surface area contributed by atoms with Crippen LogP contribution in [0.4, 0.5) is 0 Å². The van der Waals surface area contributed by atoms with Crippen LogP contribution in [0.25, 0.3) is 0 Å². The zero-order chi connectivity index (χ0) is 12.8. The van der Waals surface area contributed by atoms with E-state index < -0.39 is 0 Å². The molecule has 0 saturated carbocycles. The van der Waals surface area contributed by atoms with Crippen molar-refractivity contribution in [3.8, 4) is 0 Å². The van der Waals surface area contributed by atoms with Gasteiger partial charge in [-0.25, -0.2) is 0 Å². The van der Waals surface area contributed by atoms with E-state index in [0.29, 0.717) is 6.04 Å². The maximum absolute atomic E-state index is 5.45. The first kappa shape index (κ1) is 13.6. The zero-order valence-electron chi connectivity index (χ0n) is 11.6. The summed E-state index contributed by atoms with van der Waals surface area (Å²) in [5.74, 6) is 1.78. The molecule has 0 bridgehead atoms. The molecule has 0 aromatic carbocycles. The molecule has 1 aliphatic rings. The predicted octanol–water partition coefficient (Wildman–Crippen LogP) is 3.45. The van der Waals surface area contributed by atoms with Gasteiger partial charge in [0.25, 0.3) is 0 Å². The highest BCUT2D eigenvalue weighted by Crippen LogP contribution is 2.28. The molecule has 1 aromatic rings. The summed E-state index contributed by atoms with van der Waals surface area (Å²) >= 11 is 0. The number of rotatable bonds is 6. The lowest BCUT2D eigenvalue weighted by Gasteiger charge is -2.26. The van der Waals surface area contributed by atoms with E-state index >= 15 is 0 Å². The fourth-order valence-electron chi connectivity index (χ4n) is 2.62. The third-order valence-corrected chi connectivity index (χ3v) is 3.70. The highest BCUT2D eigenvalue weighted by atomic mass is 16.5. The average Bonchev–Trinajstić information content (AvgIpc) is 2.82. The standard InChI is InChI=1S/C15H25NO2/c1-3-6-16-15(14-9-12(2)18-11-14)10-13-4-7-17-8-5-13/h9,11,13,15-16H,3-8,10H2,1-2H3. The van der Waals surface area contributed by atoms with Crippen LogP contribution in [0.1, 0.15) is 50.0 Å². The summed E-state index contributed by atoms with van der Waals surface area (Å²) in [6, 6.07) is 2.60. The van der Waals surface area contributed by atoms with E-state index in [9.17, 15) is 0 Å². The van der Waals surface area contributed by atoms with Crippen LogP contribution in [0.3, 0.4) is 0 Å². The van der Waals surface area contributed by atoms with Gasteiger partial charge in [0.1, 0.15) is 5.76 Å². The second-order valence-electron chi connectivity index (χ2n) is 5.29. The topological polar surface area (TPSA) is 34.4 Å². The van der Waals surface area contributed by atoms with E-state index in [1.165, 1.54) is 31.2 Å². The first-order chi connectivity index (χ1) is 8.79. The summed E-state index contributed by atoms with van der Waals surface area (Å²) in [4.78, 5) is 0. The molecule has 0 radical (unpaired) electrons. The van der Waals surface area contributed by atoms with Crippen molar-refractivity contribution in [3.63, 3.8) is 0 Å². The van der Waals surface area contributed by atoms with E-state index in [4.69, 9.17) is 9.15 Å². The van der Waals surface area contributed by atoms with Gasteiger partial charge in [-0.15, -0.1) is 0 Å². The van der Waals surface area contributed by atoms with Crippen molar-refractivity contribution in [2.75, 3.05) is 19.8 Å². The van der Waals surface area contributed by atoms with Gasteiger partial charge >= 0.3 is 0 Å². The molecule has 18 heavy (non-hydrogen) atoms. The highest BCUT2D eigenvalue weighted by Gasteiger charge is 2.21. The molecule has 1 saturated heterocycles. The van der Waals surface area contributed by atoms with Gasteiger partial charge in [0.15, 0.2) is 0 Å². The van der Waals surface area contributed by atoms with E-state index in [-0.39, 0.29) is 0 Å². The quantitative estimate of drug-likeness (QED) is 0.841. The fourth-order valence-corrected chi connectivity index (χ4v) is 2.62. The summed E-state index contributed by atoms with van der Waals surface area (Å²) in [6.45, 7) is 7.14. The molecular weight excluding hydrogens is 226 g/mol. The molecule has 0 aliphatic carbocycles. The minimum Gasteiger partial charge on any atom is -0.469 e. The van der Waals surface area contributed by atoms with Crippen molar-refractivity contribution in [3.05, 3.63) is 23.7 Å². The minimum atomic E-state index is 0.436. The van der Waals surface area contributed by atoms with Crippen LogP contribution in [0, 0.1) is 12.8 Å². The van der Waals surface area contributed by atoms with Gasteiger partial charge in [0.05, 0.1) is 6.26 Å². The van der Waals surface area contributed by atoms with Crippen molar-refractivity contribution in [1.29, 1.82) is 0 Å². The Balaban J connectivity index is 1.95. The smallest absolute Gasteiger partial charge is 0.101 e. The van der Waals surface area contributed by atoms with E-state index in [0.717, 1.165) is 31.4 Å². The van der Waals surface area contributed by atoms with Crippen molar-refractivity contribution in [2.24, 2.45) is 5.92 Å². The lowest BCUT2D eigenvalue weighted by Crippen LogP contribution is -2.26. The molecule has 1 aromatic heterocycles. The second-order valence-corrected chi connectivity index (χ2v) is 5.29. The maximum Gasteiger partial charge on any atom is 0.101 e. The van der Waals surface area contributed by atoms with Crippen LogP contribution in [-0.4, -0.2) is 19.8 Å². The van der Waals surface area contributed by atoms with Gasteiger partial charge in [-0.05, 0) is 51.1 Å². The number of hydrogen-bond donors (Lipinski definition) is 1. The van der Waals surface area contributed by atoms with Gasteiger partial charge in [-0.3, -0.25) is 0 Å². The van der Waals surface area contributed by atoms with Gasteiger partial charge < -0.3 is 14.5 Å². The molecule has 2 heterocycles. The molecular formula is C15H25NO2. The minimum absolute atomic E-state index is 0.436. The fraction of sp³-hybridized carbons (Fsp3) is 0.733. The van der Waals surface area contributed by atoms with E-state index in [2.05, 4.69) is 18.3 Å². The lowest BCUT2D eigenvalue weighted by atomic mass is 9.90. The Bertz CT molecular complexity index is 342. The van der Waals surface area contributed by atoms with E-state index in [1.807, 2.05) is 13.2 Å². The summed E-state index contributed by atoms with van der Waals surface area (Å²) in [5, 5.41) is 3.65. The molecule has 1 atom stereocenters. The molecule has 0 spiro atoms. The monoisotopic (exact) mass is 251 g/mol. The molecule has 1 unspecified atom stereocenters. The zero-order valence-corrected chi connectivity index (χ0v) is 11.6. The first-order valence-corrected chi connectivity index (χ1v) is 7.15. The van der Waals surface area contributed by atoms with Crippen LogP contribution >= 0.6 is 0 Å². The van der Waals surface area contributed by atoms with Gasteiger partial charge in [-0.1, -0.05) is 6.92 Å². The number of nitrogens with one attached hydrogen (secondary N) is 1. The number of furan rings is 1. The van der Waals surface area contributed by atoms with Crippen molar-refractivity contribution < 1.29 is 9.15 Å². The molecule has 1 N–H and O–H groups in total. The first-order valence-electron chi connectivity index (χ1n) is 7.15. The number of hydrogen-bond acceptors (Lipinski definition) is 3. The average molecular weight is 251 g/mol. The molecule has 1 aliphatic heterocycles. The van der Waals surface area contributed by atoms with Crippen molar-refractivity contribution in [1.82, 2.24) is 5.32 Å². The largest absolute Gasteiger partial charge is 0.469 e. The lowest BCUT2D eigenvalue weighted by molar-refractivity contribution is 0.0605. The number of ether oxygens (including phenoxy) is 1. The summed E-state index contributed by atoms with van der Waals surface area (Å²) in [7, 11) is 0. The Labute approximate surface area is 110 Å². The summed E-state index contributed by atoms with van der Waals surface area (Å²) < 4.78 is 10.9. The van der Waals surface area contributed by atoms with Crippen molar-refractivity contribution in [2.45, 2.75) is 45.6 Å². The van der Waals surface area contributed by atoms with Gasteiger partial charge in [0, 0.05) is 24.8 Å². The molecule has 0 amide bonds. The SMILES string of the molecule is CCCNC(CC1CCOCC1)c1coc(C)c1.